The summed E-state index contributed by atoms with van der Waals surface area (Å²) in [6.07, 6.45) is 0.000403. The molecule has 2 rings (SSSR count). The van der Waals surface area contributed by atoms with Crippen LogP contribution in [0.1, 0.15) is 27.2 Å². The molecular weight excluding hydrogens is 362 g/mol. The number of methoxy groups -OCH3 is 1. The number of hydrogen-bond acceptors (Lipinski definition) is 6. The van der Waals surface area contributed by atoms with Crippen LogP contribution in [0.4, 0.5) is 5.69 Å². The standard InChI is InChI=1S/C20H25N3O5/c1-13(2)20(3,12-21)22-17(24)11-28-19(26)14-9-18(25)23(10-14)15-7-5-6-8-16(15)27-4/h5-8,13-14H,9-11H2,1-4H3,(H,22,24)/t14-,20-/m0/s1. The van der Waals surface area contributed by atoms with Crippen LogP contribution in [0.2, 0.25) is 0 Å². The molecular formula is C20H25N3O5. The highest BCUT2D eigenvalue weighted by Crippen LogP contribution is 2.33. The molecule has 8 heteroatoms. The zero-order chi connectivity index (χ0) is 20.9. The number of hydrogen-bond donors (Lipinski definition) is 1. The number of anilines is 1. The first kappa shape index (κ1) is 21.2. The maximum atomic E-state index is 12.3. The van der Waals surface area contributed by atoms with Crippen molar-refractivity contribution in [1.82, 2.24) is 5.32 Å². The Hall–Kier alpha value is -3.08. The minimum absolute atomic E-state index is 0.000403. The summed E-state index contributed by atoms with van der Waals surface area (Å²) in [4.78, 5) is 38.2. The van der Waals surface area contributed by atoms with Gasteiger partial charge in [-0.15, -0.1) is 0 Å². The van der Waals surface area contributed by atoms with Gasteiger partial charge in [-0.2, -0.15) is 5.26 Å². The van der Waals surface area contributed by atoms with Gasteiger partial charge in [0.05, 0.1) is 24.8 Å². The summed E-state index contributed by atoms with van der Waals surface area (Å²) in [5.74, 6) is -1.64. The summed E-state index contributed by atoms with van der Waals surface area (Å²) < 4.78 is 10.3. The quantitative estimate of drug-likeness (QED) is 0.713. The van der Waals surface area contributed by atoms with E-state index in [0.717, 1.165) is 0 Å². The number of carbonyl (C=O) groups is 3. The largest absolute Gasteiger partial charge is 0.495 e. The van der Waals surface area contributed by atoms with Crippen molar-refractivity contribution in [2.45, 2.75) is 32.7 Å². The van der Waals surface area contributed by atoms with Gasteiger partial charge in [0.1, 0.15) is 11.3 Å². The van der Waals surface area contributed by atoms with Gasteiger partial charge in [-0.1, -0.05) is 26.0 Å². The van der Waals surface area contributed by atoms with Crippen molar-refractivity contribution in [3.05, 3.63) is 24.3 Å². The van der Waals surface area contributed by atoms with Crippen molar-refractivity contribution >= 4 is 23.5 Å². The lowest BCUT2D eigenvalue weighted by Crippen LogP contribution is -2.50. The summed E-state index contributed by atoms with van der Waals surface area (Å²) in [7, 11) is 1.51. The Morgan fingerprint density at radius 3 is 2.68 bits per heavy atom. The maximum Gasteiger partial charge on any atom is 0.311 e. The molecule has 0 spiro atoms. The van der Waals surface area contributed by atoms with Crippen molar-refractivity contribution in [1.29, 1.82) is 5.26 Å². The predicted molar refractivity (Wildman–Crippen MR) is 101 cm³/mol. The Balaban J connectivity index is 1.95. The third kappa shape index (κ3) is 4.60. The molecule has 1 aliphatic heterocycles. The Bertz CT molecular complexity index is 801. The second-order valence-electron chi connectivity index (χ2n) is 7.20. The molecule has 150 valence electrons. The number of nitrogens with one attached hydrogen (secondary N) is 1. The van der Waals surface area contributed by atoms with Crippen LogP contribution in [0.15, 0.2) is 24.3 Å². The van der Waals surface area contributed by atoms with Crippen LogP contribution in [0.5, 0.6) is 5.75 Å². The minimum atomic E-state index is -1.05. The molecule has 1 fully saturated rings. The van der Waals surface area contributed by atoms with E-state index in [0.29, 0.717) is 11.4 Å². The molecule has 0 saturated carbocycles. The fraction of sp³-hybridized carbons (Fsp3) is 0.500. The Labute approximate surface area is 164 Å². The van der Waals surface area contributed by atoms with Gasteiger partial charge in [-0.05, 0) is 25.0 Å². The van der Waals surface area contributed by atoms with Gasteiger partial charge >= 0.3 is 5.97 Å². The Morgan fingerprint density at radius 2 is 2.07 bits per heavy atom. The van der Waals surface area contributed by atoms with Crippen molar-refractivity contribution in [2.24, 2.45) is 11.8 Å². The summed E-state index contributed by atoms with van der Waals surface area (Å²) in [6.45, 7) is 4.89. The van der Waals surface area contributed by atoms with Gasteiger partial charge < -0.3 is 19.7 Å². The topological polar surface area (TPSA) is 109 Å². The maximum absolute atomic E-state index is 12.3. The number of benzene rings is 1. The summed E-state index contributed by atoms with van der Waals surface area (Å²) in [6, 6.07) is 9.11. The molecule has 0 aromatic heterocycles. The van der Waals surface area contributed by atoms with Crippen molar-refractivity contribution in [3.8, 4) is 11.8 Å². The average Bonchev–Trinajstić information content (AvgIpc) is 3.07. The minimum Gasteiger partial charge on any atom is -0.495 e. The molecule has 0 radical (unpaired) electrons. The molecule has 1 saturated heterocycles. The number of esters is 1. The molecule has 1 aliphatic rings. The van der Waals surface area contributed by atoms with E-state index in [1.165, 1.54) is 12.0 Å². The lowest BCUT2D eigenvalue weighted by molar-refractivity contribution is -0.152. The molecule has 0 unspecified atom stereocenters. The van der Waals surface area contributed by atoms with Gasteiger partial charge in [-0.25, -0.2) is 0 Å². The van der Waals surface area contributed by atoms with E-state index in [1.807, 2.05) is 13.8 Å². The van der Waals surface area contributed by atoms with Gasteiger partial charge in [0, 0.05) is 13.0 Å². The number of carbonyl (C=O) groups excluding carboxylic acids is 3. The third-order valence-electron chi connectivity index (χ3n) is 4.97. The van der Waals surface area contributed by atoms with E-state index < -0.39 is 29.9 Å². The van der Waals surface area contributed by atoms with Crippen LogP contribution in [0.3, 0.4) is 0 Å². The van der Waals surface area contributed by atoms with Crippen LogP contribution in [0, 0.1) is 23.2 Å². The molecule has 1 aromatic rings. The van der Waals surface area contributed by atoms with E-state index in [2.05, 4.69) is 11.4 Å². The van der Waals surface area contributed by atoms with Crippen LogP contribution < -0.4 is 15.0 Å². The van der Waals surface area contributed by atoms with E-state index >= 15 is 0 Å². The van der Waals surface area contributed by atoms with Crippen LogP contribution in [0.25, 0.3) is 0 Å². The summed E-state index contributed by atoms with van der Waals surface area (Å²) in [5.41, 5.74) is -0.460. The second kappa shape index (κ2) is 8.74. The van der Waals surface area contributed by atoms with Crippen molar-refractivity contribution in [2.75, 3.05) is 25.2 Å². The molecule has 0 aliphatic carbocycles. The monoisotopic (exact) mass is 387 g/mol. The molecule has 1 N–H and O–H groups in total. The van der Waals surface area contributed by atoms with Crippen LogP contribution >= 0.6 is 0 Å². The van der Waals surface area contributed by atoms with E-state index in [4.69, 9.17) is 9.47 Å². The van der Waals surface area contributed by atoms with E-state index in [-0.39, 0.29) is 24.8 Å². The predicted octanol–water partition coefficient (Wildman–Crippen LogP) is 1.65. The Kier molecular flexibility index (Phi) is 6.62. The fourth-order valence-electron chi connectivity index (χ4n) is 2.83. The van der Waals surface area contributed by atoms with E-state index in [9.17, 15) is 19.6 Å². The molecule has 0 bridgehead atoms. The van der Waals surface area contributed by atoms with Crippen molar-refractivity contribution in [3.63, 3.8) is 0 Å². The first-order valence-corrected chi connectivity index (χ1v) is 9.04. The van der Waals surface area contributed by atoms with Crippen LogP contribution in [-0.4, -0.2) is 43.6 Å². The molecule has 1 aromatic carbocycles. The second-order valence-corrected chi connectivity index (χ2v) is 7.20. The molecule has 2 atom stereocenters. The number of ether oxygens (including phenoxy) is 2. The summed E-state index contributed by atoms with van der Waals surface area (Å²) >= 11 is 0. The Morgan fingerprint density at radius 1 is 1.39 bits per heavy atom. The molecule has 28 heavy (non-hydrogen) atoms. The highest BCUT2D eigenvalue weighted by atomic mass is 16.5. The van der Waals surface area contributed by atoms with Crippen molar-refractivity contribution < 1.29 is 23.9 Å². The number of nitrogens with zero attached hydrogens (tertiary/aromatic N) is 2. The van der Waals surface area contributed by atoms with Gasteiger partial charge in [0.25, 0.3) is 5.91 Å². The number of para-hydroxylation sites is 2. The average molecular weight is 387 g/mol. The van der Waals surface area contributed by atoms with Gasteiger partial charge in [-0.3, -0.25) is 14.4 Å². The zero-order valence-corrected chi connectivity index (χ0v) is 16.5. The molecule has 8 nitrogen and oxygen atoms in total. The third-order valence-corrected chi connectivity index (χ3v) is 4.97. The number of rotatable bonds is 7. The smallest absolute Gasteiger partial charge is 0.311 e. The van der Waals surface area contributed by atoms with Gasteiger partial charge in [0.2, 0.25) is 5.91 Å². The summed E-state index contributed by atoms with van der Waals surface area (Å²) in [5, 5.41) is 11.8. The highest BCUT2D eigenvalue weighted by molar-refractivity contribution is 6.00. The lowest BCUT2D eigenvalue weighted by Gasteiger charge is -2.27. The lowest BCUT2D eigenvalue weighted by atomic mass is 9.90. The zero-order valence-electron chi connectivity index (χ0n) is 16.5. The highest BCUT2D eigenvalue weighted by Gasteiger charge is 2.37. The number of amides is 2. The first-order valence-electron chi connectivity index (χ1n) is 9.04. The molecule has 1 heterocycles. The first-order chi connectivity index (χ1) is 13.2. The van der Waals surface area contributed by atoms with Crippen LogP contribution in [-0.2, 0) is 19.1 Å². The molecule has 2 amide bonds. The normalized spacial score (nSPS) is 18.4. The fourth-order valence-corrected chi connectivity index (χ4v) is 2.83. The van der Waals surface area contributed by atoms with Gasteiger partial charge in [0.15, 0.2) is 6.61 Å². The number of nitriles is 1. The van der Waals surface area contributed by atoms with E-state index in [1.54, 1.807) is 31.2 Å². The SMILES string of the molecule is COc1ccccc1N1C[C@@H](C(=O)OCC(=O)N[C@@](C)(C#N)C(C)C)CC1=O.